The molecule has 0 radical (unpaired) electrons. The second kappa shape index (κ2) is 17.3. The van der Waals surface area contributed by atoms with Gasteiger partial charge in [0, 0.05) is 12.5 Å². The van der Waals surface area contributed by atoms with Crippen molar-refractivity contribution in [2.24, 2.45) is 5.92 Å². The maximum absolute atomic E-state index is 10.9. The van der Waals surface area contributed by atoms with Crippen molar-refractivity contribution in [3.8, 4) is 0 Å². The van der Waals surface area contributed by atoms with Crippen molar-refractivity contribution in [2.75, 3.05) is 6.54 Å². The van der Waals surface area contributed by atoms with Crippen LogP contribution in [0.25, 0.3) is 0 Å². The van der Waals surface area contributed by atoms with E-state index < -0.39 is 0 Å². The normalized spacial score (nSPS) is 9.62. The van der Waals surface area contributed by atoms with Crippen molar-refractivity contribution in [1.82, 2.24) is 5.32 Å². The smallest absolute Gasteiger partial charge is 0.222 e. The summed E-state index contributed by atoms with van der Waals surface area (Å²) in [5.41, 5.74) is 0. The molecule has 0 aromatic heterocycles. The number of amides is 1. The molecule has 3 heteroatoms. The first kappa shape index (κ1) is 18.0. The Hall–Kier alpha value is -0.860. The quantitative estimate of drug-likeness (QED) is 0.738. The molecule has 80 valence electrons. The first-order chi connectivity index (χ1) is 6.22. The first-order valence-corrected chi connectivity index (χ1v) is 4.78. The lowest BCUT2D eigenvalue weighted by Crippen LogP contribution is -2.28. The minimum absolute atomic E-state index is 0.167. The Kier molecular flexibility index (Phi) is 24.0. The Morgan fingerprint density at radius 3 is 1.92 bits per heavy atom. The second-order valence-electron chi connectivity index (χ2n) is 2.20. The third-order valence-corrected chi connectivity index (χ3v) is 1.41. The number of hydrogen-bond donors (Lipinski definition) is 1. The average Bonchev–Trinajstić information content (AvgIpc) is 2.23. The fourth-order valence-corrected chi connectivity index (χ4v) is 0.534. The van der Waals surface area contributed by atoms with Crippen LogP contribution in [0.3, 0.4) is 0 Å². The molecule has 1 amide bonds. The van der Waals surface area contributed by atoms with E-state index in [1.54, 1.807) is 0 Å². The van der Waals surface area contributed by atoms with Crippen molar-refractivity contribution >= 4 is 12.7 Å². The topological polar surface area (TPSA) is 46.2 Å². The van der Waals surface area contributed by atoms with Crippen LogP contribution in [-0.4, -0.2) is 19.2 Å². The van der Waals surface area contributed by atoms with Crippen LogP contribution in [0.2, 0.25) is 0 Å². The van der Waals surface area contributed by atoms with E-state index in [0.717, 1.165) is 13.0 Å². The molecule has 0 fully saturated rings. The minimum Gasteiger partial charge on any atom is -0.356 e. The third kappa shape index (κ3) is 14.0. The zero-order chi connectivity index (χ0) is 11.3. The summed E-state index contributed by atoms with van der Waals surface area (Å²) >= 11 is 0. The van der Waals surface area contributed by atoms with Gasteiger partial charge in [-0.15, -0.1) is 0 Å². The van der Waals surface area contributed by atoms with Gasteiger partial charge in [-0.05, 0) is 13.3 Å². The van der Waals surface area contributed by atoms with Gasteiger partial charge in [0.2, 0.25) is 5.91 Å². The Bertz CT molecular complexity index is 105. The Morgan fingerprint density at radius 1 is 1.31 bits per heavy atom. The maximum Gasteiger partial charge on any atom is 0.222 e. The lowest BCUT2D eigenvalue weighted by atomic mass is 10.1. The molecule has 0 aliphatic heterocycles. The van der Waals surface area contributed by atoms with Gasteiger partial charge < -0.3 is 10.1 Å². The van der Waals surface area contributed by atoms with E-state index in [-0.39, 0.29) is 11.8 Å². The number of carbonyl (C=O) groups is 2. The van der Waals surface area contributed by atoms with E-state index in [4.69, 9.17) is 4.79 Å². The number of nitrogens with one attached hydrogen (secondary N) is 1. The summed E-state index contributed by atoms with van der Waals surface area (Å²) in [6, 6.07) is 0. The summed E-state index contributed by atoms with van der Waals surface area (Å²) in [5.74, 6) is 0.338. The van der Waals surface area contributed by atoms with Gasteiger partial charge in [0.25, 0.3) is 0 Å². The molecule has 0 heterocycles. The van der Waals surface area contributed by atoms with Crippen molar-refractivity contribution in [1.29, 1.82) is 0 Å². The summed E-state index contributed by atoms with van der Waals surface area (Å²) in [5, 5.41) is 2.76. The lowest BCUT2D eigenvalue weighted by molar-refractivity contribution is -0.124. The number of hydrogen-bond acceptors (Lipinski definition) is 2. The summed E-state index contributed by atoms with van der Waals surface area (Å²) in [6.45, 7) is 12.6. The van der Waals surface area contributed by atoms with Crippen LogP contribution in [0.15, 0.2) is 0 Å². The molecule has 1 N–H and O–H groups in total. The molecule has 1 unspecified atom stereocenters. The molecule has 0 aromatic rings. The molecular formula is C10H23NO2. The molecule has 0 aliphatic carbocycles. The average molecular weight is 189 g/mol. The SMILES string of the molecule is C=O.CC.CCNC(=O)C(C)CC. The van der Waals surface area contributed by atoms with Crippen molar-refractivity contribution in [2.45, 2.75) is 41.0 Å². The van der Waals surface area contributed by atoms with Crippen molar-refractivity contribution in [3.05, 3.63) is 0 Å². The summed E-state index contributed by atoms with van der Waals surface area (Å²) < 4.78 is 0. The van der Waals surface area contributed by atoms with Crippen LogP contribution in [-0.2, 0) is 9.59 Å². The van der Waals surface area contributed by atoms with Crippen LogP contribution >= 0.6 is 0 Å². The van der Waals surface area contributed by atoms with E-state index in [2.05, 4.69) is 5.32 Å². The van der Waals surface area contributed by atoms with Gasteiger partial charge in [-0.25, -0.2) is 0 Å². The number of rotatable bonds is 3. The van der Waals surface area contributed by atoms with Gasteiger partial charge in [-0.1, -0.05) is 27.7 Å². The highest BCUT2D eigenvalue weighted by atomic mass is 16.1. The van der Waals surface area contributed by atoms with Crippen LogP contribution in [0.5, 0.6) is 0 Å². The molecule has 0 rings (SSSR count). The van der Waals surface area contributed by atoms with Gasteiger partial charge in [-0.2, -0.15) is 0 Å². The standard InChI is InChI=1S/C7H15NO.C2H6.CH2O/c1-4-6(3)7(9)8-5-2;2*1-2/h6H,4-5H2,1-3H3,(H,8,9);1-2H3;1H2. The second-order valence-corrected chi connectivity index (χ2v) is 2.20. The lowest BCUT2D eigenvalue weighted by Gasteiger charge is -2.06. The highest BCUT2D eigenvalue weighted by Gasteiger charge is 2.06. The molecule has 1 atom stereocenters. The summed E-state index contributed by atoms with van der Waals surface area (Å²) in [4.78, 5) is 18.9. The Labute approximate surface area is 81.9 Å². The molecule has 3 nitrogen and oxygen atoms in total. The fourth-order valence-electron chi connectivity index (χ4n) is 0.534. The Balaban J connectivity index is -0.000000218. The summed E-state index contributed by atoms with van der Waals surface area (Å²) in [7, 11) is 0. The molecule has 0 saturated heterocycles. The minimum atomic E-state index is 0.167. The van der Waals surface area contributed by atoms with Gasteiger partial charge >= 0.3 is 0 Å². The fraction of sp³-hybridized carbons (Fsp3) is 0.800. The van der Waals surface area contributed by atoms with Gasteiger partial charge in [0.15, 0.2) is 0 Å². The van der Waals surface area contributed by atoms with E-state index in [1.165, 1.54) is 0 Å². The van der Waals surface area contributed by atoms with Crippen LogP contribution < -0.4 is 5.32 Å². The maximum atomic E-state index is 10.9. The monoisotopic (exact) mass is 189 g/mol. The van der Waals surface area contributed by atoms with Crippen LogP contribution in [0.1, 0.15) is 41.0 Å². The van der Waals surface area contributed by atoms with Crippen LogP contribution in [0.4, 0.5) is 0 Å². The van der Waals surface area contributed by atoms with Crippen LogP contribution in [0, 0.1) is 5.92 Å². The van der Waals surface area contributed by atoms with Crippen molar-refractivity contribution < 1.29 is 9.59 Å². The Morgan fingerprint density at radius 2 is 1.69 bits per heavy atom. The largest absolute Gasteiger partial charge is 0.356 e. The molecule has 13 heavy (non-hydrogen) atoms. The zero-order valence-corrected chi connectivity index (χ0v) is 9.52. The highest BCUT2D eigenvalue weighted by molar-refractivity contribution is 5.78. The van der Waals surface area contributed by atoms with Crippen molar-refractivity contribution in [3.63, 3.8) is 0 Å². The third-order valence-electron chi connectivity index (χ3n) is 1.41. The predicted molar refractivity (Wildman–Crippen MR) is 56.6 cm³/mol. The van der Waals surface area contributed by atoms with E-state index in [1.807, 2.05) is 41.4 Å². The van der Waals surface area contributed by atoms with Gasteiger partial charge in [0.05, 0.1) is 0 Å². The van der Waals surface area contributed by atoms with Gasteiger partial charge in [0.1, 0.15) is 6.79 Å². The molecule has 0 bridgehead atoms. The molecule has 0 saturated carbocycles. The van der Waals surface area contributed by atoms with E-state index >= 15 is 0 Å². The molecular weight excluding hydrogens is 166 g/mol. The van der Waals surface area contributed by atoms with E-state index in [9.17, 15) is 4.79 Å². The molecule has 0 aromatic carbocycles. The number of carbonyl (C=O) groups excluding carboxylic acids is 2. The van der Waals surface area contributed by atoms with Gasteiger partial charge in [-0.3, -0.25) is 4.79 Å². The summed E-state index contributed by atoms with van der Waals surface area (Å²) in [6.07, 6.45) is 0.922. The zero-order valence-electron chi connectivity index (χ0n) is 9.52. The molecule has 0 aliphatic rings. The predicted octanol–water partition coefficient (Wildman–Crippen LogP) is 2.01. The first-order valence-electron chi connectivity index (χ1n) is 4.78. The molecule has 0 spiro atoms. The highest BCUT2D eigenvalue weighted by Crippen LogP contribution is 1.98. The van der Waals surface area contributed by atoms with E-state index in [0.29, 0.717) is 0 Å².